The molecule has 3 nitrogen and oxygen atoms in total. The average Bonchev–Trinajstić information content (AvgIpc) is 3.13. The van der Waals surface area contributed by atoms with E-state index in [0.717, 1.165) is 12.1 Å². The van der Waals surface area contributed by atoms with Gasteiger partial charge in [-0.25, -0.2) is 4.39 Å². The van der Waals surface area contributed by atoms with E-state index in [1.54, 1.807) is 13.2 Å². The Bertz CT molecular complexity index is 764. The van der Waals surface area contributed by atoms with Crippen LogP contribution in [0.5, 0.6) is 11.5 Å². The predicted molar refractivity (Wildman–Crippen MR) is 103 cm³/mol. The van der Waals surface area contributed by atoms with Gasteiger partial charge in [-0.3, -0.25) is 0 Å². The summed E-state index contributed by atoms with van der Waals surface area (Å²) in [5, 5.41) is 4.35. The van der Waals surface area contributed by atoms with Gasteiger partial charge in [-0.2, -0.15) is 0 Å². The van der Waals surface area contributed by atoms with Gasteiger partial charge in [0, 0.05) is 18.2 Å². The Hall–Kier alpha value is -1.49. The minimum Gasteiger partial charge on any atom is -0.493 e. The monoisotopic (exact) mass is 397 g/mol. The topological polar surface area (TPSA) is 30.5 Å². The summed E-state index contributed by atoms with van der Waals surface area (Å²) in [6.45, 7) is 0.916. The molecule has 2 aromatic rings. The fourth-order valence-electron chi connectivity index (χ4n) is 3.20. The highest BCUT2D eigenvalue weighted by Gasteiger charge is 2.16. The maximum absolute atomic E-state index is 13.2. The summed E-state index contributed by atoms with van der Waals surface area (Å²) in [4.78, 5) is 0. The highest BCUT2D eigenvalue weighted by Crippen LogP contribution is 2.37. The van der Waals surface area contributed by atoms with E-state index >= 15 is 0 Å². The van der Waals surface area contributed by atoms with Gasteiger partial charge < -0.3 is 14.8 Å². The SMILES string of the molecule is COc1cc(CNC2CCCC2)cc(Cl)c1OCc1ccc(F)cc1Cl. The standard InChI is InChI=1S/C20H22Cl2FNO2/c1-25-19-9-13(11-24-16-4-2-3-5-16)8-18(22)20(19)26-12-14-6-7-15(23)10-17(14)21/h6-10,16,24H,2-5,11-12H2,1H3. The van der Waals surface area contributed by atoms with Gasteiger partial charge >= 0.3 is 0 Å². The lowest BCUT2D eigenvalue weighted by Gasteiger charge is -2.16. The molecule has 0 unspecified atom stereocenters. The number of methoxy groups -OCH3 is 1. The zero-order valence-electron chi connectivity index (χ0n) is 14.7. The van der Waals surface area contributed by atoms with Crippen LogP contribution in [0.25, 0.3) is 0 Å². The molecule has 140 valence electrons. The summed E-state index contributed by atoms with van der Waals surface area (Å²) < 4.78 is 24.4. The fraction of sp³-hybridized carbons (Fsp3) is 0.400. The molecule has 0 radical (unpaired) electrons. The van der Waals surface area contributed by atoms with Crippen molar-refractivity contribution in [3.8, 4) is 11.5 Å². The van der Waals surface area contributed by atoms with Crippen LogP contribution >= 0.6 is 23.2 Å². The lowest BCUT2D eigenvalue weighted by atomic mass is 10.1. The third kappa shape index (κ3) is 4.81. The smallest absolute Gasteiger partial charge is 0.180 e. The van der Waals surface area contributed by atoms with Crippen LogP contribution in [0, 0.1) is 5.82 Å². The van der Waals surface area contributed by atoms with Crippen molar-refractivity contribution in [1.82, 2.24) is 5.32 Å². The normalized spacial score (nSPS) is 14.6. The van der Waals surface area contributed by atoms with Crippen molar-refractivity contribution >= 4 is 23.2 Å². The van der Waals surface area contributed by atoms with E-state index in [2.05, 4.69) is 5.32 Å². The first kappa shape index (κ1) is 19.3. The van der Waals surface area contributed by atoms with E-state index in [0.29, 0.717) is 33.1 Å². The molecular formula is C20H22Cl2FNO2. The second-order valence-corrected chi connectivity index (χ2v) is 7.31. The quantitative estimate of drug-likeness (QED) is 0.644. The second kappa shape index (κ2) is 8.94. The average molecular weight is 398 g/mol. The van der Waals surface area contributed by atoms with Gasteiger partial charge in [0.2, 0.25) is 0 Å². The molecular weight excluding hydrogens is 376 g/mol. The lowest BCUT2D eigenvalue weighted by molar-refractivity contribution is 0.284. The number of ether oxygens (including phenoxy) is 2. The van der Waals surface area contributed by atoms with Crippen LogP contribution in [0.3, 0.4) is 0 Å². The zero-order valence-corrected chi connectivity index (χ0v) is 16.2. The fourth-order valence-corrected chi connectivity index (χ4v) is 3.71. The summed E-state index contributed by atoms with van der Waals surface area (Å²) in [6.07, 6.45) is 5.04. The first-order valence-corrected chi connectivity index (χ1v) is 9.49. The molecule has 2 aromatic carbocycles. The lowest BCUT2D eigenvalue weighted by Crippen LogP contribution is -2.25. The third-order valence-corrected chi connectivity index (χ3v) is 5.26. The minimum atomic E-state index is -0.381. The van der Waals surface area contributed by atoms with Gasteiger partial charge in [0.05, 0.1) is 17.2 Å². The molecule has 1 fully saturated rings. The number of rotatable bonds is 7. The van der Waals surface area contributed by atoms with Crippen LogP contribution in [-0.4, -0.2) is 13.2 Å². The van der Waals surface area contributed by atoms with Crippen LogP contribution in [0.4, 0.5) is 4.39 Å². The first-order valence-electron chi connectivity index (χ1n) is 8.73. The molecule has 0 atom stereocenters. The van der Waals surface area contributed by atoms with Gasteiger partial charge in [-0.1, -0.05) is 42.1 Å². The highest BCUT2D eigenvalue weighted by molar-refractivity contribution is 6.32. The van der Waals surface area contributed by atoms with Crippen molar-refractivity contribution in [1.29, 1.82) is 0 Å². The van der Waals surface area contributed by atoms with E-state index in [-0.39, 0.29) is 12.4 Å². The number of halogens is 3. The molecule has 0 bridgehead atoms. The van der Waals surface area contributed by atoms with E-state index in [4.69, 9.17) is 32.7 Å². The third-order valence-electron chi connectivity index (χ3n) is 4.63. The van der Waals surface area contributed by atoms with Gasteiger partial charge in [-0.05, 0) is 42.7 Å². The molecule has 3 rings (SSSR count). The van der Waals surface area contributed by atoms with Crippen molar-refractivity contribution in [3.63, 3.8) is 0 Å². The van der Waals surface area contributed by atoms with Crippen molar-refractivity contribution in [2.75, 3.05) is 7.11 Å². The van der Waals surface area contributed by atoms with E-state index in [9.17, 15) is 4.39 Å². The Morgan fingerprint density at radius 3 is 2.58 bits per heavy atom. The Labute approximate surface area is 163 Å². The molecule has 0 aromatic heterocycles. The number of benzene rings is 2. The van der Waals surface area contributed by atoms with Crippen molar-refractivity contribution in [2.24, 2.45) is 0 Å². The largest absolute Gasteiger partial charge is 0.493 e. The number of hydrogen-bond donors (Lipinski definition) is 1. The molecule has 6 heteroatoms. The van der Waals surface area contributed by atoms with E-state index in [1.165, 1.54) is 37.8 Å². The second-order valence-electron chi connectivity index (χ2n) is 6.50. The number of nitrogens with one attached hydrogen (secondary N) is 1. The van der Waals surface area contributed by atoms with Crippen LogP contribution in [0.2, 0.25) is 10.0 Å². The van der Waals surface area contributed by atoms with Crippen molar-refractivity contribution < 1.29 is 13.9 Å². The molecule has 0 heterocycles. The molecule has 26 heavy (non-hydrogen) atoms. The molecule has 1 saturated carbocycles. The molecule has 0 spiro atoms. The summed E-state index contributed by atoms with van der Waals surface area (Å²) in [6, 6.07) is 8.59. The Morgan fingerprint density at radius 1 is 1.12 bits per heavy atom. The van der Waals surface area contributed by atoms with Gasteiger partial charge in [-0.15, -0.1) is 0 Å². The van der Waals surface area contributed by atoms with E-state index < -0.39 is 0 Å². The summed E-state index contributed by atoms with van der Waals surface area (Å²) in [7, 11) is 1.58. The Kier molecular flexibility index (Phi) is 6.63. The van der Waals surface area contributed by atoms with Crippen molar-refractivity contribution in [2.45, 2.75) is 44.9 Å². The maximum atomic E-state index is 13.2. The van der Waals surface area contributed by atoms with Gasteiger partial charge in [0.15, 0.2) is 11.5 Å². The maximum Gasteiger partial charge on any atom is 0.180 e. The Morgan fingerprint density at radius 2 is 1.88 bits per heavy atom. The Balaban J connectivity index is 1.69. The molecule has 1 aliphatic rings. The predicted octanol–water partition coefficient (Wildman–Crippen LogP) is 5.75. The van der Waals surface area contributed by atoms with Gasteiger partial charge in [0.25, 0.3) is 0 Å². The summed E-state index contributed by atoms with van der Waals surface area (Å²) in [5.41, 5.74) is 1.73. The van der Waals surface area contributed by atoms with Crippen LogP contribution in [0.1, 0.15) is 36.8 Å². The first-order chi connectivity index (χ1) is 12.6. The van der Waals surface area contributed by atoms with Gasteiger partial charge in [0.1, 0.15) is 12.4 Å². The molecule has 0 saturated heterocycles. The zero-order chi connectivity index (χ0) is 18.5. The van der Waals surface area contributed by atoms with Crippen LogP contribution < -0.4 is 14.8 Å². The number of hydrogen-bond acceptors (Lipinski definition) is 3. The molecule has 1 N–H and O–H groups in total. The summed E-state index contributed by atoms with van der Waals surface area (Å²) in [5.74, 6) is 0.645. The summed E-state index contributed by atoms with van der Waals surface area (Å²) >= 11 is 12.5. The van der Waals surface area contributed by atoms with Crippen LogP contribution in [0.15, 0.2) is 30.3 Å². The molecule has 0 amide bonds. The molecule has 1 aliphatic carbocycles. The van der Waals surface area contributed by atoms with Crippen LogP contribution in [-0.2, 0) is 13.2 Å². The highest BCUT2D eigenvalue weighted by atomic mass is 35.5. The molecule has 0 aliphatic heterocycles. The van der Waals surface area contributed by atoms with Crippen molar-refractivity contribution in [3.05, 3.63) is 57.3 Å². The van der Waals surface area contributed by atoms with E-state index in [1.807, 2.05) is 12.1 Å². The minimum absolute atomic E-state index is 0.175.